The molecule has 7 heteroatoms. The highest BCUT2D eigenvalue weighted by molar-refractivity contribution is 6.60. The van der Waals surface area contributed by atoms with E-state index in [0.717, 1.165) is 44.2 Å². The summed E-state index contributed by atoms with van der Waals surface area (Å²) in [4.78, 5) is 0. The van der Waals surface area contributed by atoms with Gasteiger partial charge in [-0.1, -0.05) is 36.9 Å². The van der Waals surface area contributed by atoms with Gasteiger partial charge in [-0.3, -0.25) is 0 Å². The monoisotopic (exact) mass is 374 g/mol. The molecule has 5 nitrogen and oxygen atoms in total. The van der Waals surface area contributed by atoms with Gasteiger partial charge < -0.3 is 23.9 Å². The van der Waals surface area contributed by atoms with E-state index < -0.39 is 8.80 Å². The lowest BCUT2D eigenvalue weighted by atomic mass is 10.1. The molecule has 0 saturated heterocycles. The molecule has 0 bridgehead atoms. The van der Waals surface area contributed by atoms with Crippen molar-refractivity contribution < 1.29 is 13.3 Å². The Morgan fingerprint density at radius 2 is 1.54 bits per heavy atom. The molecule has 1 aromatic carbocycles. The summed E-state index contributed by atoms with van der Waals surface area (Å²) in [6.07, 6.45) is 2.83. The van der Waals surface area contributed by atoms with Crippen LogP contribution in [0.25, 0.3) is 6.08 Å². The van der Waals surface area contributed by atoms with Crippen molar-refractivity contribution in [2.75, 3.05) is 41.0 Å². The average molecular weight is 375 g/mol. The molecule has 0 aliphatic heterocycles. The number of halogens is 1. The van der Waals surface area contributed by atoms with Gasteiger partial charge in [0.15, 0.2) is 0 Å². The lowest BCUT2D eigenvalue weighted by Gasteiger charge is -2.24. The van der Waals surface area contributed by atoms with Crippen LogP contribution in [0.4, 0.5) is 0 Å². The summed E-state index contributed by atoms with van der Waals surface area (Å²) in [6.45, 7) is 7.44. The number of hydrogen-bond donors (Lipinski definition) is 2. The fourth-order valence-corrected chi connectivity index (χ4v) is 4.01. The Kier molecular flexibility index (Phi) is 13.1. The topological polar surface area (TPSA) is 51.8 Å². The van der Waals surface area contributed by atoms with E-state index in [1.165, 1.54) is 5.56 Å². The standard InChI is InChI=1S/C17H30N2O3Si.ClH/c1-5-16-7-9-17(10-8-16)15-19-13-12-18-11-6-14-23(20-2,21-3)22-4;/h5,7-10,18-19H,1,6,11-15H2,2-4H3;1H. The molecule has 1 aromatic rings. The second kappa shape index (κ2) is 13.5. The van der Waals surface area contributed by atoms with Crippen LogP contribution in [0.1, 0.15) is 17.5 Å². The van der Waals surface area contributed by atoms with Crippen LogP contribution in [0.5, 0.6) is 0 Å². The summed E-state index contributed by atoms with van der Waals surface area (Å²) in [5, 5.41) is 6.84. The van der Waals surface area contributed by atoms with Crippen molar-refractivity contribution in [3.8, 4) is 0 Å². The van der Waals surface area contributed by atoms with Crippen LogP contribution in [0, 0.1) is 0 Å². The summed E-state index contributed by atoms with van der Waals surface area (Å²) in [5.74, 6) is 0. The molecule has 2 N–H and O–H groups in total. The molecule has 0 saturated carbocycles. The van der Waals surface area contributed by atoms with Crippen LogP contribution in [-0.2, 0) is 19.8 Å². The van der Waals surface area contributed by atoms with Crippen LogP contribution < -0.4 is 10.6 Å². The summed E-state index contributed by atoms with van der Waals surface area (Å²) < 4.78 is 16.2. The molecule has 0 aromatic heterocycles. The van der Waals surface area contributed by atoms with E-state index in [1.54, 1.807) is 21.3 Å². The minimum Gasteiger partial charge on any atom is -0.377 e. The van der Waals surface area contributed by atoms with E-state index in [9.17, 15) is 0 Å². The second-order valence-electron chi connectivity index (χ2n) is 5.27. The Balaban J connectivity index is 0.00000529. The van der Waals surface area contributed by atoms with Crippen molar-refractivity contribution in [2.45, 2.75) is 19.0 Å². The van der Waals surface area contributed by atoms with Crippen molar-refractivity contribution in [3.63, 3.8) is 0 Å². The Morgan fingerprint density at radius 1 is 0.958 bits per heavy atom. The van der Waals surface area contributed by atoms with Gasteiger partial charge in [0.1, 0.15) is 0 Å². The smallest absolute Gasteiger partial charge is 0.377 e. The SMILES string of the molecule is C=Cc1ccc(CNCCNCCC[Si](OC)(OC)OC)cc1.Cl. The zero-order valence-corrected chi connectivity index (χ0v) is 16.8. The molecule has 0 aliphatic carbocycles. The van der Waals surface area contributed by atoms with Crippen molar-refractivity contribution in [2.24, 2.45) is 0 Å². The van der Waals surface area contributed by atoms with Crippen LogP contribution >= 0.6 is 12.4 Å². The van der Waals surface area contributed by atoms with Crippen molar-refractivity contribution in [3.05, 3.63) is 42.0 Å². The first-order valence-corrected chi connectivity index (χ1v) is 9.91. The second-order valence-corrected chi connectivity index (χ2v) is 8.36. The predicted molar refractivity (Wildman–Crippen MR) is 105 cm³/mol. The Hall–Kier alpha value is -0.733. The minimum atomic E-state index is -2.41. The molecule has 24 heavy (non-hydrogen) atoms. The summed E-state index contributed by atoms with van der Waals surface area (Å²) in [6, 6.07) is 9.25. The van der Waals surface area contributed by atoms with E-state index in [2.05, 4.69) is 41.5 Å². The fourth-order valence-electron chi connectivity index (χ4n) is 2.29. The van der Waals surface area contributed by atoms with E-state index in [4.69, 9.17) is 13.3 Å². The van der Waals surface area contributed by atoms with Gasteiger partial charge >= 0.3 is 8.80 Å². The quantitative estimate of drug-likeness (QED) is 0.410. The molecule has 138 valence electrons. The first-order valence-electron chi connectivity index (χ1n) is 7.98. The predicted octanol–water partition coefficient (Wildman–Crippen LogP) is 2.70. The van der Waals surface area contributed by atoms with Gasteiger partial charge in [0.25, 0.3) is 0 Å². The molecule has 0 fully saturated rings. The first-order chi connectivity index (χ1) is 11.2. The van der Waals surface area contributed by atoms with Crippen LogP contribution in [0.15, 0.2) is 30.8 Å². The number of hydrogen-bond acceptors (Lipinski definition) is 5. The Bertz CT molecular complexity index is 434. The van der Waals surface area contributed by atoms with Gasteiger partial charge in [-0.2, -0.15) is 0 Å². The minimum absolute atomic E-state index is 0. The van der Waals surface area contributed by atoms with Crippen molar-refractivity contribution >= 4 is 27.3 Å². The largest absolute Gasteiger partial charge is 0.500 e. The number of benzene rings is 1. The third-order valence-electron chi connectivity index (χ3n) is 3.79. The maximum atomic E-state index is 5.40. The molecule has 0 atom stereocenters. The Labute approximate surface area is 153 Å². The van der Waals surface area contributed by atoms with Gasteiger partial charge in [0.2, 0.25) is 0 Å². The van der Waals surface area contributed by atoms with Crippen molar-refractivity contribution in [1.29, 1.82) is 0 Å². The van der Waals surface area contributed by atoms with Crippen LogP contribution in [-0.4, -0.2) is 49.8 Å². The lowest BCUT2D eigenvalue weighted by molar-refractivity contribution is 0.123. The van der Waals surface area contributed by atoms with Gasteiger partial charge in [0, 0.05) is 47.0 Å². The summed E-state index contributed by atoms with van der Waals surface area (Å²) in [7, 11) is 2.55. The number of nitrogens with one attached hydrogen (secondary N) is 2. The zero-order valence-electron chi connectivity index (χ0n) is 15.0. The third-order valence-corrected chi connectivity index (χ3v) is 6.62. The molecule has 0 amide bonds. The fraction of sp³-hybridized carbons (Fsp3) is 0.529. The summed E-state index contributed by atoms with van der Waals surface area (Å²) in [5.41, 5.74) is 2.44. The maximum Gasteiger partial charge on any atom is 0.500 e. The van der Waals surface area contributed by atoms with Gasteiger partial charge in [-0.25, -0.2) is 0 Å². The van der Waals surface area contributed by atoms with Gasteiger partial charge in [-0.05, 0) is 24.1 Å². The molecule has 0 spiro atoms. The zero-order chi connectivity index (χ0) is 17.0. The highest BCUT2D eigenvalue weighted by Gasteiger charge is 2.36. The third kappa shape index (κ3) is 8.39. The molecule has 0 heterocycles. The molecular formula is C17H31ClN2O3Si. The van der Waals surface area contributed by atoms with Crippen LogP contribution in [0.2, 0.25) is 6.04 Å². The molecule has 0 radical (unpaired) electrons. The average Bonchev–Trinajstić information content (AvgIpc) is 2.61. The van der Waals surface area contributed by atoms with E-state index >= 15 is 0 Å². The van der Waals surface area contributed by atoms with Crippen molar-refractivity contribution in [1.82, 2.24) is 10.6 Å². The molecule has 0 unspecified atom stereocenters. The highest BCUT2D eigenvalue weighted by Crippen LogP contribution is 2.14. The van der Waals surface area contributed by atoms with E-state index in [1.807, 2.05) is 6.08 Å². The normalized spacial score (nSPS) is 11.1. The first kappa shape index (κ1) is 23.3. The van der Waals surface area contributed by atoms with Crippen LogP contribution in [0.3, 0.4) is 0 Å². The molecular weight excluding hydrogens is 344 g/mol. The lowest BCUT2D eigenvalue weighted by Crippen LogP contribution is -2.43. The number of rotatable bonds is 13. The maximum absolute atomic E-state index is 5.40. The van der Waals surface area contributed by atoms with Gasteiger partial charge in [0.05, 0.1) is 0 Å². The van der Waals surface area contributed by atoms with E-state index in [0.29, 0.717) is 0 Å². The molecule has 0 aliphatic rings. The summed E-state index contributed by atoms with van der Waals surface area (Å²) >= 11 is 0. The Morgan fingerprint density at radius 3 is 2.08 bits per heavy atom. The highest BCUT2D eigenvalue weighted by atomic mass is 35.5. The molecule has 1 rings (SSSR count). The van der Waals surface area contributed by atoms with E-state index in [-0.39, 0.29) is 12.4 Å². The van der Waals surface area contributed by atoms with Gasteiger partial charge in [-0.15, -0.1) is 12.4 Å².